The number of piperidine rings is 1. The zero-order valence-corrected chi connectivity index (χ0v) is 10.2. The van der Waals surface area contributed by atoms with Crippen molar-refractivity contribution in [3.05, 3.63) is 0 Å². The molecule has 2 rings (SSSR count). The predicted molar refractivity (Wildman–Crippen MR) is 63.3 cm³/mol. The SMILES string of the molecule is COCC1CCN(CC2COCC2N)CC1. The molecule has 0 aromatic heterocycles. The van der Waals surface area contributed by atoms with E-state index in [4.69, 9.17) is 15.2 Å². The first-order valence-electron chi connectivity index (χ1n) is 6.34. The van der Waals surface area contributed by atoms with E-state index < -0.39 is 0 Å². The van der Waals surface area contributed by atoms with Crippen LogP contribution in [-0.4, -0.2) is 57.5 Å². The van der Waals surface area contributed by atoms with Gasteiger partial charge in [0.15, 0.2) is 0 Å². The topological polar surface area (TPSA) is 47.7 Å². The Morgan fingerprint density at radius 3 is 2.62 bits per heavy atom. The quantitative estimate of drug-likeness (QED) is 0.753. The van der Waals surface area contributed by atoms with Crippen molar-refractivity contribution in [1.82, 2.24) is 4.90 Å². The van der Waals surface area contributed by atoms with Gasteiger partial charge in [-0.2, -0.15) is 0 Å². The minimum atomic E-state index is 0.247. The summed E-state index contributed by atoms with van der Waals surface area (Å²) in [6, 6.07) is 0.247. The second-order valence-corrected chi connectivity index (χ2v) is 5.16. The third-order valence-electron chi connectivity index (χ3n) is 3.85. The smallest absolute Gasteiger partial charge is 0.0621 e. The number of nitrogens with zero attached hydrogens (tertiary/aromatic N) is 1. The van der Waals surface area contributed by atoms with Gasteiger partial charge in [-0.05, 0) is 31.8 Å². The first-order valence-corrected chi connectivity index (χ1v) is 6.34. The molecule has 2 atom stereocenters. The number of hydrogen-bond donors (Lipinski definition) is 1. The average molecular weight is 228 g/mol. The van der Waals surface area contributed by atoms with Gasteiger partial charge in [-0.25, -0.2) is 0 Å². The Bertz CT molecular complexity index is 205. The van der Waals surface area contributed by atoms with Crippen molar-refractivity contribution >= 4 is 0 Å². The van der Waals surface area contributed by atoms with Gasteiger partial charge in [0.05, 0.1) is 13.2 Å². The highest BCUT2D eigenvalue weighted by molar-refractivity contribution is 4.82. The molecule has 0 amide bonds. The fraction of sp³-hybridized carbons (Fsp3) is 1.00. The van der Waals surface area contributed by atoms with Crippen LogP contribution < -0.4 is 5.73 Å². The number of ether oxygens (including phenoxy) is 2. The van der Waals surface area contributed by atoms with Gasteiger partial charge in [0, 0.05) is 32.2 Å². The molecule has 4 nitrogen and oxygen atoms in total. The Hall–Kier alpha value is -0.160. The lowest BCUT2D eigenvalue weighted by molar-refractivity contribution is 0.0893. The Kier molecular flexibility index (Phi) is 4.58. The van der Waals surface area contributed by atoms with E-state index in [-0.39, 0.29) is 6.04 Å². The largest absolute Gasteiger partial charge is 0.384 e. The molecule has 0 bridgehead atoms. The first-order chi connectivity index (χ1) is 7.79. The van der Waals surface area contributed by atoms with Crippen LogP contribution >= 0.6 is 0 Å². The van der Waals surface area contributed by atoms with E-state index in [0.717, 1.165) is 32.3 Å². The highest BCUT2D eigenvalue weighted by Crippen LogP contribution is 2.20. The molecule has 0 spiro atoms. The molecule has 0 saturated carbocycles. The van der Waals surface area contributed by atoms with Gasteiger partial charge >= 0.3 is 0 Å². The summed E-state index contributed by atoms with van der Waals surface area (Å²) in [5.74, 6) is 1.30. The molecule has 94 valence electrons. The third-order valence-corrected chi connectivity index (χ3v) is 3.85. The van der Waals surface area contributed by atoms with Crippen molar-refractivity contribution in [1.29, 1.82) is 0 Å². The summed E-state index contributed by atoms with van der Waals surface area (Å²) >= 11 is 0. The van der Waals surface area contributed by atoms with Crippen LogP contribution in [0.3, 0.4) is 0 Å². The zero-order chi connectivity index (χ0) is 11.4. The minimum Gasteiger partial charge on any atom is -0.384 e. The van der Waals surface area contributed by atoms with Crippen molar-refractivity contribution in [2.75, 3.05) is 46.6 Å². The summed E-state index contributed by atoms with van der Waals surface area (Å²) in [5.41, 5.74) is 6.00. The lowest BCUT2D eigenvalue weighted by atomic mass is 9.96. The Balaban J connectivity index is 1.68. The van der Waals surface area contributed by atoms with Crippen LogP contribution in [0.15, 0.2) is 0 Å². The summed E-state index contributed by atoms with van der Waals surface area (Å²) in [4.78, 5) is 2.53. The van der Waals surface area contributed by atoms with Crippen LogP contribution in [0.25, 0.3) is 0 Å². The lowest BCUT2D eigenvalue weighted by Crippen LogP contribution is -2.42. The monoisotopic (exact) mass is 228 g/mol. The number of rotatable bonds is 4. The van der Waals surface area contributed by atoms with Crippen molar-refractivity contribution < 1.29 is 9.47 Å². The molecule has 2 fully saturated rings. The van der Waals surface area contributed by atoms with Crippen LogP contribution in [0.2, 0.25) is 0 Å². The summed E-state index contributed by atoms with van der Waals surface area (Å²) < 4.78 is 10.6. The van der Waals surface area contributed by atoms with Crippen LogP contribution in [0.1, 0.15) is 12.8 Å². The molecule has 0 aromatic rings. The van der Waals surface area contributed by atoms with Crippen molar-refractivity contribution in [3.63, 3.8) is 0 Å². The predicted octanol–water partition coefficient (Wildman–Crippen LogP) is 0.319. The number of hydrogen-bond acceptors (Lipinski definition) is 4. The van der Waals surface area contributed by atoms with E-state index in [1.54, 1.807) is 7.11 Å². The maximum absolute atomic E-state index is 6.00. The molecule has 0 radical (unpaired) electrons. The molecule has 0 aliphatic carbocycles. The van der Waals surface area contributed by atoms with Gasteiger partial charge in [0.1, 0.15) is 0 Å². The summed E-state index contributed by atoms with van der Waals surface area (Å²) in [5, 5.41) is 0. The summed E-state index contributed by atoms with van der Waals surface area (Å²) in [7, 11) is 1.79. The van der Waals surface area contributed by atoms with Crippen LogP contribution in [0.5, 0.6) is 0 Å². The van der Waals surface area contributed by atoms with E-state index >= 15 is 0 Å². The zero-order valence-electron chi connectivity index (χ0n) is 10.2. The van der Waals surface area contributed by atoms with Gasteiger partial charge in [0.25, 0.3) is 0 Å². The Morgan fingerprint density at radius 1 is 1.31 bits per heavy atom. The molecule has 2 heterocycles. The van der Waals surface area contributed by atoms with Crippen LogP contribution in [-0.2, 0) is 9.47 Å². The highest BCUT2D eigenvalue weighted by atomic mass is 16.5. The van der Waals surface area contributed by atoms with Gasteiger partial charge < -0.3 is 20.1 Å². The molecular formula is C12H24N2O2. The standard InChI is InChI=1S/C12H24N2O2/c1-15-7-10-2-4-14(5-3-10)6-11-8-16-9-12(11)13/h10-12H,2-9,13H2,1H3. The molecule has 2 N–H and O–H groups in total. The maximum Gasteiger partial charge on any atom is 0.0621 e. The van der Waals surface area contributed by atoms with Gasteiger partial charge in [0.2, 0.25) is 0 Å². The fourth-order valence-corrected chi connectivity index (χ4v) is 2.71. The van der Waals surface area contributed by atoms with Crippen molar-refractivity contribution in [2.45, 2.75) is 18.9 Å². The van der Waals surface area contributed by atoms with Gasteiger partial charge in [-0.15, -0.1) is 0 Å². The molecule has 2 saturated heterocycles. The molecule has 2 aliphatic heterocycles. The fourth-order valence-electron chi connectivity index (χ4n) is 2.71. The van der Waals surface area contributed by atoms with Gasteiger partial charge in [-0.3, -0.25) is 0 Å². The second kappa shape index (κ2) is 5.96. The number of methoxy groups -OCH3 is 1. The van der Waals surface area contributed by atoms with Crippen LogP contribution in [0, 0.1) is 11.8 Å². The maximum atomic E-state index is 6.00. The third kappa shape index (κ3) is 3.17. The summed E-state index contributed by atoms with van der Waals surface area (Å²) in [6.45, 7) is 6.00. The summed E-state index contributed by atoms with van der Waals surface area (Å²) in [6.07, 6.45) is 2.52. The Labute approximate surface area is 98.1 Å². The average Bonchev–Trinajstić information content (AvgIpc) is 2.68. The van der Waals surface area contributed by atoms with E-state index in [1.807, 2.05) is 0 Å². The van der Waals surface area contributed by atoms with Crippen LogP contribution in [0.4, 0.5) is 0 Å². The molecule has 4 heteroatoms. The Morgan fingerprint density at radius 2 is 2.06 bits per heavy atom. The normalized spacial score (nSPS) is 33.4. The van der Waals surface area contributed by atoms with Gasteiger partial charge in [-0.1, -0.05) is 0 Å². The number of likely N-dealkylation sites (tertiary alicyclic amines) is 1. The first kappa shape index (κ1) is 12.3. The molecule has 2 unspecified atom stereocenters. The second-order valence-electron chi connectivity index (χ2n) is 5.16. The van der Waals surface area contributed by atoms with Crippen molar-refractivity contribution in [3.8, 4) is 0 Å². The number of nitrogens with two attached hydrogens (primary N) is 1. The molecular weight excluding hydrogens is 204 g/mol. The van der Waals surface area contributed by atoms with E-state index in [0.29, 0.717) is 5.92 Å². The molecule has 0 aromatic carbocycles. The van der Waals surface area contributed by atoms with E-state index in [9.17, 15) is 0 Å². The molecule has 2 aliphatic rings. The van der Waals surface area contributed by atoms with E-state index in [1.165, 1.54) is 25.9 Å². The lowest BCUT2D eigenvalue weighted by Gasteiger charge is -2.33. The minimum absolute atomic E-state index is 0.247. The van der Waals surface area contributed by atoms with E-state index in [2.05, 4.69) is 4.90 Å². The van der Waals surface area contributed by atoms with Crippen molar-refractivity contribution in [2.24, 2.45) is 17.6 Å². The molecule has 16 heavy (non-hydrogen) atoms. The highest BCUT2D eigenvalue weighted by Gasteiger charge is 2.28.